The van der Waals surface area contributed by atoms with Gasteiger partial charge >= 0.3 is 0 Å². The Hall–Kier alpha value is -2.69. The standard InChI is InChI=1S/C20H22N4O/c1-13-6-7-15(11-14(13)2)20(25)24-10-8-16(12-24)18-22-17-5-4-9-21-19(17)23(18)3/h4-7,9,11,16H,8,10,12H2,1-3H3/t16-/m1/s1. The molecule has 128 valence electrons. The maximum Gasteiger partial charge on any atom is 0.253 e. The van der Waals surface area contributed by atoms with E-state index in [4.69, 9.17) is 4.98 Å². The number of nitrogens with zero attached hydrogens (tertiary/aromatic N) is 4. The Labute approximate surface area is 147 Å². The first-order valence-corrected chi connectivity index (χ1v) is 8.68. The Morgan fingerprint density at radius 3 is 2.80 bits per heavy atom. The van der Waals surface area contributed by atoms with Crippen LogP contribution in [0.25, 0.3) is 11.2 Å². The van der Waals surface area contributed by atoms with Crippen molar-refractivity contribution in [2.75, 3.05) is 13.1 Å². The number of benzene rings is 1. The van der Waals surface area contributed by atoms with E-state index in [0.29, 0.717) is 6.54 Å². The number of hydrogen-bond donors (Lipinski definition) is 0. The average Bonchev–Trinajstić information content (AvgIpc) is 3.22. The first-order chi connectivity index (χ1) is 12.0. The summed E-state index contributed by atoms with van der Waals surface area (Å²) in [5, 5.41) is 0. The summed E-state index contributed by atoms with van der Waals surface area (Å²) in [6.45, 7) is 5.59. The fourth-order valence-electron chi connectivity index (χ4n) is 3.62. The van der Waals surface area contributed by atoms with Crippen LogP contribution in [-0.4, -0.2) is 38.4 Å². The molecule has 0 N–H and O–H groups in total. The molecular formula is C20H22N4O. The highest BCUT2D eigenvalue weighted by Crippen LogP contribution is 2.29. The second-order valence-corrected chi connectivity index (χ2v) is 6.91. The van der Waals surface area contributed by atoms with Crippen LogP contribution in [0.1, 0.15) is 39.6 Å². The lowest BCUT2D eigenvalue weighted by Gasteiger charge is -2.17. The SMILES string of the molecule is Cc1ccc(C(=O)N2CC[C@@H](c3nc4cccnc4n3C)C2)cc1C. The Bertz CT molecular complexity index is 959. The van der Waals surface area contributed by atoms with Crippen molar-refractivity contribution in [3.8, 4) is 0 Å². The molecule has 2 aromatic heterocycles. The van der Waals surface area contributed by atoms with Gasteiger partial charge in [-0.2, -0.15) is 0 Å². The Balaban J connectivity index is 1.57. The number of carbonyl (C=O) groups is 1. The first-order valence-electron chi connectivity index (χ1n) is 8.68. The summed E-state index contributed by atoms with van der Waals surface area (Å²) in [4.78, 5) is 23.9. The molecule has 1 atom stereocenters. The van der Waals surface area contributed by atoms with Crippen molar-refractivity contribution in [1.82, 2.24) is 19.4 Å². The van der Waals surface area contributed by atoms with Gasteiger partial charge in [-0.15, -0.1) is 0 Å². The Kier molecular flexibility index (Phi) is 3.79. The van der Waals surface area contributed by atoms with Crippen molar-refractivity contribution in [2.45, 2.75) is 26.2 Å². The molecule has 1 aliphatic heterocycles. The van der Waals surface area contributed by atoms with E-state index >= 15 is 0 Å². The zero-order valence-electron chi connectivity index (χ0n) is 14.9. The summed E-state index contributed by atoms with van der Waals surface area (Å²) in [7, 11) is 2.01. The molecule has 1 aliphatic rings. The largest absolute Gasteiger partial charge is 0.338 e. The van der Waals surface area contributed by atoms with E-state index in [9.17, 15) is 4.79 Å². The smallest absolute Gasteiger partial charge is 0.253 e. The molecule has 0 aliphatic carbocycles. The molecule has 1 amide bonds. The molecular weight excluding hydrogens is 312 g/mol. The maximum atomic E-state index is 12.8. The third-order valence-electron chi connectivity index (χ3n) is 5.26. The fourth-order valence-corrected chi connectivity index (χ4v) is 3.62. The van der Waals surface area contributed by atoms with E-state index in [1.165, 1.54) is 5.56 Å². The molecule has 1 fully saturated rings. The average molecular weight is 334 g/mol. The van der Waals surface area contributed by atoms with Crippen LogP contribution in [0.2, 0.25) is 0 Å². The van der Waals surface area contributed by atoms with E-state index in [-0.39, 0.29) is 11.8 Å². The molecule has 0 bridgehead atoms. The number of imidazole rings is 1. The van der Waals surface area contributed by atoms with E-state index < -0.39 is 0 Å². The molecule has 4 rings (SSSR count). The van der Waals surface area contributed by atoms with Gasteiger partial charge in [-0.25, -0.2) is 9.97 Å². The number of fused-ring (bicyclic) bond motifs is 1. The number of likely N-dealkylation sites (tertiary alicyclic amines) is 1. The quantitative estimate of drug-likeness (QED) is 0.723. The third-order valence-corrected chi connectivity index (χ3v) is 5.26. The predicted octanol–water partition coefficient (Wildman–Crippen LogP) is 3.21. The zero-order valence-corrected chi connectivity index (χ0v) is 14.9. The van der Waals surface area contributed by atoms with Gasteiger partial charge < -0.3 is 9.47 Å². The normalized spacial score (nSPS) is 17.4. The van der Waals surface area contributed by atoms with E-state index in [1.807, 2.05) is 49.2 Å². The van der Waals surface area contributed by atoms with Gasteiger partial charge in [0.05, 0.1) is 0 Å². The second kappa shape index (κ2) is 5.99. The van der Waals surface area contributed by atoms with Gasteiger partial charge in [-0.1, -0.05) is 6.07 Å². The van der Waals surface area contributed by atoms with Crippen LogP contribution in [-0.2, 0) is 7.05 Å². The van der Waals surface area contributed by atoms with Crippen molar-refractivity contribution in [3.63, 3.8) is 0 Å². The minimum absolute atomic E-state index is 0.113. The van der Waals surface area contributed by atoms with Gasteiger partial charge in [-0.3, -0.25) is 4.79 Å². The molecule has 0 unspecified atom stereocenters. The molecule has 1 saturated heterocycles. The molecule has 0 spiro atoms. The molecule has 3 aromatic rings. The van der Waals surface area contributed by atoms with Crippen LogP contribution in [0.3, 0.4) is 0 Å². The number of hydrogen-bond acceptors (Lipinski definition) is 3. The highest BCUT2D eigenvalue weighted by molar-refractivity contribution is 5.94. The lowest BCUT2D eigenvalue weighted by Crippen LogP contribution is -2.28. The van der Waals surface area contributed by atoms with Crippen molar-refractivity contribution in [2.24, 2.45) is 7.05 Å². The van der Waals surface area contributed by atoms with Gasteiger partial charge in [-0.05, 0) is 55.7 Å². The van der Waals surface area contributed by atoms with Crippen LogP contribution < -0.4 is 0 Å². The van der Waals surface area contributed by atoms with Crippen molar-refractivity contribution >= 4 is 17.1 Å². The molecule has 1 aromatic carbocycles. The number of rotatable bonds is 2. The predicted molar refractivity (Wildman–Crippen MR) is 97.7 cm³/mol. The first kappa shape index (κ1) is 15.8. The maximum absolute atomic E-state index is 12.8. The van der Waals surface area contributed by atoms with Crippen molar-refractivity contribution < 1.29 is 4.79 Å². The number of amides is 1. The van der Waals surface area contributed by atoms with Crippen LogP contribution in [0.15, 0.2) is 36.5 Å². The summed E-state index contributed by atoms with van der Waals surface area (Å²) >= 11 is 0. The lowest BCUT2D eigenvalue weighted by molar-refractivity contribution is 0.0790. The van der Waals surface area contributed by atoms with E-state index in [1.54, 1.807) is 6.20 Å². The van der Waals surface area contributed by atoms with E-state index in [2.05, 4.69) is 16.5 Å². The topological polar surface area (TPSA) is 51.0 Å². The van der Waals surface area contributed by atoms with E-state index in [0.717, 1.165) is 41.1 Å². The van der Waals surface area contributed by atoms with Crippen molar-refractivity contribution in [3.05, 3.63) is 59.0 Å². The minimum Gasteiger partial charge on any atom is -0.338 e. The van der Waals surface area contributed by atoms with Gasteiger partial charge in [0, 0.05) is 37.8 Å². The molecule has 5 nitrogen and oxygen atoms in total. The summed E-state index contributed by atoms with van der Waals surface area (Å²) < 4.78 is 2.06. The Morgan fingerprint density at radius 2 is 2.04 bits per heavy atom. The van der Waals surface area contributed by atoms with Crippen LogP contribution in [0.5, 0.6) is 0 Å². The molecule has 3 heterocycles. The number of aromatic nitrogens is 3. The molecule has 0 radical (unpaired) electrons. The van der Waals surface area contributed by atoms with Crippen LogP contribution in [0, 0.1) is 13.8 Å². The summed E-state index contributed by atoms with van der Waals surface area (Å²) in [5.74, 6) is 1.39. The van der Waals surface area contributed by atoms with Gasteiger partial charge in [0.15, 0.2) is 5.65 Å². The van der Waals surface area contributed by atoms with Crippen molar-refractivity contribution in [1.29, 1.82) is 0 Å². The monoisotopic (exact) mass is 334 g/mol. The number of aryl methyl sites for hydroxylation is 3. The Morgan fingerprint density at radius 1 is 1.20 bits per heavy atom. The van der Waals surface area contributed by atoms with Crippen LogP contribution >= 0.6 is 0 Å². The molecule has 25 heavy (non-hydrogen) atoms. The fraction of sp³-hybridized carbons (Fsp3) is 0.350. The highest BCUT2D eigenvalue weighted by Gasteiger charge is 2.31. The lowest BCUT2D eigenvalue weighted by atomic mass is 10.1. The second-order valence-electron chi connectivity index (χ2n) is 6.91. The number of carbonyl (C=O) groups excluding carboxylic acids is 1. The highest BCUT2D eigenvalue weighted by atomic mass is 16.2. The zero-order chi connectivity index (χ0) is 17.6. The minimum atomic E-state index is 0.113. The third kappa shape index (κ3) is 2.69. The number of pyridine rings is 1. The summed E-state index contributed by atoms with van der Waals surface area (Å²) in [6, 6.07) is 9.83. The van der Waals surface area contributed by atoms with Gasteiger partial charge in [0.1, 0.15) is 11.3 Å². The van der Waals surface area contributed by atoms with Crippen LogP contribution in [0.4, 0.5) is 0 Å². The van der Waals surface area contributed by atoms with Gasteiger partial charge in [0.25, 0.3) is 5.91 Å². The molecule has 0 saturated carbocycles. The summed E-state index contributed by atoms with van der Waals surface area (Å²) in [5.41, 5.74) is 4.96. The summed E-state index contributed by atoms with van der Waals surface area (Å²) in [6.07, 6.45) is 2.73. The molecule has 5 heteroatoms. The van der Waals surface area contributed by atoms with Gasteiger partial charge in [0.2, 0.25) is 0 Å².